The molecule has 0 amide bonds. The first-order valence-corrected chi connectivity index (χ1v) is 10.7. The van der Waals surface area contributed by atoms with Gasteiger partial charge in [-0.1, -0.05) is 0 Å². The molecule has 0 aliphatic carbocycles. The Morgan fingerprint density at radius 1 is 1.16 bits per heavy atom. The summed E-state index contributed by atoms with van der Waals surface area (Å²) in [5.41, 5.74) is 2.62. The number of fused-ring (bicyclic) bond motifs is 1. The molecule has 2 N–H and O–H groups in total. The van der Waals surface area contributed by atoms with E-state index in [0.29, 0.717) is 49.2 Å². The van der Waals surface area contributed by atoms with Crippen LogP contribution in [0.25, 0.3) is 11.6 Å². The summed E-state index contributed by atoms with van der Waals surface area (Å²) >= 11 is 0. The molecule has 0 bridgehead atoms. The van der Waals surface area contributed by atoms with Gasteiger partial charge in [-0.15, -0.1) is 0 Å². The van der Waals surface area contributed by atoms with Crippen molar-refractivity contribution < 1.29 is 9.50 Å². The molecule has 0 aromatic carbocycles. The quantitative estimate of drug-likeness (QED) is 0.508. The van der Waals surface area contributed by atoms with Crippen LogP contribution in [0.3, 0.4) is 0 Å². The van der Waals surface area contributed by atoms with Crippen molar-refractivity contribution in [2.24, 2.45) is 0 Å². The van der Waals surface area contributed by atoms with E-state index in [4.69, 9.17) is 0 Å². The fourth-order valence-corrected chi connectivity index (χ4v) is 3.94. The molecule has 0 fully saturated rings. The summed E-state index contributed by atoms with van der Waals surface area (Å²) in [6.07, 6.45) is 5.81. The van der Waals surface area contributed by atoms with Gasteiger partial charge in [0.15, 0.2) is 11.6 Å². The molecule has 3 aromatic heterocycles. The Balaban J connectivity index is 1.61. The van der Waals surface area contributed by atoms with Gasteiger partial charge in [0.1, 0.15) is 5.82 Å². The van der Waals surface area contributed by atoms with Crippen LogP contribution in [0.15, 0.2) is 36.8 Å². The summed E-state index contributed by atoms with van der Waals surface area (Å²) in [4.78, 5) is 25.8. The van der Waals surface area contributed by atoms with Crippen LogP contribution in [-0.4, -0.2) is 69.9 Å². The lowest BCUT2D eigenvalue weighted by molar-refractivity contribution is 0.302. The monoisotopic (exact) mass is 438 g/mol. The number of aliphatic hydroxyl groups excluding tert-OH is 1. The Bertz CT molecular complexity index is 1050. The fourth-order valence-electron chi connectivity index (χ4n) is 3.94. The third-order valence-electron chi connectivity index (χ3n) is 5.60. The molecule has 32 heavy (non-hydrogen) atoms. The molecule has 1 atom stereocenters. The molecule has 4 heterocycles. The van der Waals surface area contributed by atoms with Crippen LogP contribution in [0.5, 0.6) is 0 Å². The molecule has 9 nitrogen and oxygen atoms in total. The minimum atomic E-state index is -0.546. The number of nitrogens with one attached hydrogen (secondary N) is 1. The number of anilines is 2. The number of aliphatic hydroxyl groups is 1. The second-order valence-corrected chi connectivity index (χ2v) is 7.61. The number of hydrogen-bond donors (Lipinski definition) is 2. The lowest BCUT2D eigenvalue weighted by atomic mass is 9.99. The van der Waals surface area contributed by atoms with E-state index in [9.17, 15) is 9.50 Å². The molecule has 1 unspecified atom stereocenters. The molecule has 10 heteroatoms. The zero-order chi connectivity index (χ0) is 22.5. The van der Waals surface area contributed by atoms with E-state index >= 15 is 0 Å². The number of likely N-dealkylation sites (N-methyl/N-ethyl adjacent to an activating group) is 1. The zero-order valence-electron chi connectivity index (χ0n) is 18.2. The lowest BCUT2D eigenvalue weighted by Crippen LogP contribution is -2.36. The molecule has 0 spiro atoms. The molecular weight excluding hydrogens is 411 g/mol. The summed E-state index contributed by atoms with van der Waals surface area (Å²) in [5.74, 6) is 1.00. The highest BCUT2D eigenvalue weighted by Gasteiger charge is 2.28. The molecule has 168 valence electrons. The van der Waals surface area contributed by atoms with Gasteiger partial charge in [-0.05, 0) is 20.0 Å². The molecule has 4 rings (SSSR count). The predicted octanol–water partition coefficient (Wildman–Crippen LogP) is 1.61. The predicted molar refractivity (Wildman–Crippen MR) is 120 cm³/mol. The molecule has 1 aliphatic rings. The normalized spacial score (nSPS) is 15.5. The van der Waals surface area contributed by atoms with Gasteiger partial charge in [0.05, 0.1) is 18.3 Å². The van der Waals surface area contributed by atoms with Gasteiger partial charge in [-0.2, -0.15) is 4.39 Å². The number of pyridine rings is 1. The Hall–Kier alpha value is -3.24. The van der Waals surface area contributed by atoms with Gasteiger partial charge in [0.25, 0.3) is 0 Å². The number of rotatable bonds is 8. The van der Waals surface area contributed by atoms with Crippen LogP contribution in [-0.2, 0) is 6.42 Å². The molecular formula is C22H27FN8O. The lowest BCUT2D eigenvalue weighted by Gasteiger charge is -2.36. The van der Waals surface area contributed by atoms with Gasteiger partial charge >= 0.3 is 0 Å². The average molecular weight is 439 g/mol. The van der Waals surface area contributed by atoms with E-state index in [2.05, 4.69) is 35.1 Å². The minimum absolute atomic E-state index is 0.0126. The molecule has 3 aromatic rings. The Morgan fingerprint density at radius 3 is 2.72 bits per heavy atom. The number of hydrogen-bond acceptors (Lipinski definition) is 9. The third-order valence-corrected chi connectivity index (χ3v) is 5.60. The zero-order valence-corrected chi connectivity index (χ0v) is 18.2. The summed E-state index contributed by atoms with van der Waals surface area (Å²) < 4.78 is 14.5. The van der Waals surface area contributed by atoms with E-state index in [1.165, 1.54) is 6.07 Å². The average Bonchev–Trinajstić information content (AvgIpc) is 2.82. The minimum Gasteiger partial charge on any atom is -0.395 e. The summed E-state index contributed by atoms with van der Waals surface area (Å²) in [6, 6.07) is 4.97. The van der Waals surface area contributed by atoms with Gasteiger partial charge in [-0.25, -0.2) is 24.9 Å². The smallest absolute Gasteiger partial charge is 0.216 e. The molecule has 0 saturated carbocycles. The van der Waals surface area contributed by atoms with Crippen molar-refractivity contribution in [2.45, 2.75) is 19.4 Å². The van der Waals surface area contributed by atoms with E-state index in [1.54, 1.807) is 24.7 Å². The molecule has 1 aliphatic heterocycles. The van der Waals surface area contributed by atoms with E-state index in [-0.39, 0.29) is 12.6 Å². The van der Waals surface area contributed by atoms with E-state index in [1.807, 2.05) is 24.9 Å². The second-order valence-electron chi connectivity index (χ2n) is 7.61. The van der Waals surface area contributed by atoms with Crippen LogP contribution in [0.4, 0.5) is 15.9 Å². The first-order chi connectivity index (χ1) is 15.6. The maximum atomic E-state index is 14.5. The Labute approximate surface area is 186 Å². The SMILES string of the molecule is CNCCN(CCO)c1cc(F)nc(N2CCc3nc(-c4ncccn4)ncc3C2C)c1. The third kappa shape index (κ3) is 4.66. The highest BCUT2D eigenvalue weighted by atomic mass is 19.1. The fraction of sp³-hybridized carbons (Fsp3) is 0.409. The van der Waals surface area contributed by atoms with Crippen molar-refractivity contribution in [3.05, 3.63) is 54.0 Å². The van der Waals surface area contributed by atoms with Crippen LogP contribution in [0, 0.1) is 5.95 Å². The van der Waals surface area contributed by atoms with Crippen molar-refractivity contribution >= 4 is 11.5 Å². The van der Waals surface area contributed by atoms with Crippen molar-refractivity contribution in [1.82, 2.24) is 30.2 Å². The summed E-state index contributed by atoms with van der Waals surface area (Å²) in [5, 5.41) is 12.5. The summed E-state index contributed by atoms with van der Waals surface area (Å²) in [6.45, 7) is 4.46. The van der Waals surface area contributed by atoms with E-state index < -0.39 is 5.95 Å². The highest BCUT2D eigenvalue weighted by Crippen LogP contribution is 2.33. The highest BCUT2D eigenvalue weighted by molar-refractivity contribution is 5.57. The van der Waals surface area contributed by atoms with Crippen molar-refractivity contribution in [3.63, 3.8) is 0 Å². The van der Waals surface area contributed by atoms with Gasteiger partial charge < -0.3 is 20.2 Å². The first-order valence-electron chi connectivity index (χ1n) is 10.7. The molecule has 0 saturated heterocycles. The maximum Gasteiger partial charge on any atom is 0.216 e. The van der Waals surface area contributed by atoms with Crippen LogP contribution >= 0.6 is 0 Å². The van der Waals surface area contributed by atoms with Crippen LogP contribution in [0.1, 0.15) is 24.2 Å². The second kappa shape index (κ2) is 9.92. The van der Waals surface area contributed by atoms with Crippen LogP contribution < -0.4 is 15.1 Å². The van der Waals surface area contributed by atoms with Gasteiger partial charge in [0.2, 0.25) is 5.95 Å². The van der Waals surface area contributed by atoms with Gasteiger partial charge in [-0.3, -0.25) is 0 Å². The molecule has 0 radical (unpaired) electrons. The van der Waals surface area contributed by atoms with Crippen LogP contribution in [0.2, 0.25) is 0 Å². The standard InChI is InChI=1S/C22H27FN8O/c1-15-17-14-27-22(21-25-5-3-6-26-21)28-18(17)4-8-31(15)20-13-16(12-19(23)29-20)30(10-11-32)9-7-24-2/h3,5-6,12-15,24,32H,4,7-11H2,1-2H3. The van der Waals surface area contributed by atoms with Gasteiger partial charge in [0, 0.05) is 74.6 Å². The topological polar surface area (TPSA) is 103 Å². The first kappa shape index (κ1) is 22.0. The van der Waals surface area contributed by atoms with Crippen molar-refractivity contribution in [1.29, 1.82) is 0 Å². The number of nitrogens with zero attached hydrogens (tertiary/aromatic N) is 7. The van der Waals surface area contributed by atoms with E-state index in [0.717, 1.165) is 17.8 Å². The summed E-state index contributed by atoms with van der Waals surface area (Å²) in [7, 11) is 1.86. The Kier molecular flexibility index (Phi) is 6.81. The maximum absolute atomic E-state index is 14.5. The van der Waals surface area contributed by atoms with Crippen molar-refractivity contribution in [2.75, 3.05) is 49.6 Å². The largest absolute Gasteiger partial charge is 0.395 e. The Morgan fingerprint density at radius 2 is 1.97 bits per heavy atom. The van der Waals surface area contributed by atoms with Crippen molar-refractivity contribution in [3.8, 4) is 11.6 Å². The number of halogens is 1. The number of aromatic nitrogens is 5.